The van der Waals surface area contributed by atoms with Gasteiger partial charge in [0.05, 0.1) is 27.2 Å². The lowest BCUT2D eigenvalue weighted by atomic mass is 10.2. The molecule has 32 heavy (non-hydrogen) atoms. The first-order valence-electron chi connectivity index (χ1n) is 8.58. The molecule has 3 aromatic rings. The molecule has 2 aromatic carbocycles. The van der Waals surface area contributed by atoms with Gasteiger partial charge in [-0.1, -0.05) is 6.07 Å². The van der Waals surface area contributed by atoms with E-state index in [-0.39, 0.29) is 17.2 Å². The number of aromatic nitrogens is 2. The smallest absolute Gasteiger partial charge is 0.416 e. The van der Waals surface area contributed by atoms with Crippen LogP contribution in [0.25, 0.3) is 0 Å². The number of carbonyl (C=O) groups excluding carboxylic acids is 1. The Morgan fingerprint density at radius 1 is 1.09 bits per heavy atom. The number of nitro benzene ring substituents is 1. The van der Waals surface area contributed by atoms with Crippen molar-refractivity contribution in [1.82, 2.24) is 9.78 Å². The van der Waals surface area contributed by atoms with E-state index < -0.39 is 44.6 Å². The van der Waals surface area contributed by atoms with Gasteiger partial charge in [-0.25, -0.2) is 0 Å². The number of nitrogens with zero attached hydrogens (tertiary/aromatic N) is 4. The summed E-state index contributed by atoms with van der Waals surface area (Å²) in [6.45, 7) is 0. The van der Waals surface area contributed by atoms with Crippen LogP contribution in [-0.4, -0.2) is 25.5 Å². The maximum absolute atomic E-state index is 12.9. The van der Waals surface area contributed by atoms with Gasteiger partial charge >= 0.3 is 11.9 Å². The molecule has 1 amide bonds. The Labute approximate surface area is 176 Å². The maximum Gasteiger partial charge on any atom is 0.416 e. The Balaban J connectivity index is 1.93. The number of aryl methyl sites for hydroxylation is 1. The van der Waals surface area contributed by atoms with E-state index in [1.165, 1.54) is 13.1 Å². The molecule has 14 heteroatoms. The highest BCUT2D eigenvalue weighted by Crippen LogP contribution is 2.34. The molecular weight excluding hydrogens is 439 g/mol. The quantitative estimate of drug-likeness (QED) is 0.435. The average Bonchev–Trinajstić information content (AvgIpc) is 3.09. The fourth-order valence-electron chi connectivity index (χ4n) is 2.65. The van der Waals surface area contributed by atoms with Crippen LogP contribution in [0.5, 0.6) is 11.5 Å². The highest BCUT2D eigenvalue weighted by atomic mass is 19.4. The summed E-state index contributed by atoms with van der Waals surface area (Å²) < 4.78 is 45.0. The van der Waals surface area contributed by atoms with Crippen LogP contribution < -0.4 is 10.1 Å². The van der Waals surface area contributed by atoms with E-state index in [1.54, 1.807) is 0 Å². The van der Waals surface area contributed by atoms with Crippen LogP contribution in [0.2, 0.25) is 0 Å². The Hall–Kier alpha value is -4.49. The first-order chi connectivity index (χ1) is 14.9. The summed E-state index contributed by atoms with van der Waals surface area (Å²) in [7, 11) is 1.36. The van der Waals surface area contributed by atoms with Crippen LogP contribution in [0.3, 0.4) is 0 Å². The first kappa shape index (κ1) is 22.2. The summed E-state index contributed by atoms with van der Waals surface area (Å²) in [5.41, 5.74) is -2.84. The number of nitrogens with one attached hydrogen (secondary N) is 1. The summed E-state index contributed by atoms with van der Waals surface area (Å²) in [6.07, 6.45) is -3.62. The fraction of sp³-hybridized carbons (Fsp3) is 0.111. The molecule has 0 fully saturated rings. The van der Waals surface area contributed by atoms with Crippen LogP contribution in [0.1, 0.15) is 16.1 Å². The molecule has 11 nitrogen and oxygen atoms in total. The fourth-order valence-corrected chi connectivity index (χ4v) is 2.65. The summed E-state index contributed by atoms with van der Waals surface area (Å²) in [5.74, 6) is -1.52. The van der Waals surface area contributed by atoms with Crippen LogP contribution in [-0.2, 0) is 13.2 Å². The molecule has 0 spiro atoms. The summed E-state index contributed by atoms with van der Waals surface area (Å²) in [4.78, 5) is 33.1. The first-order valence-corrected chi connectivity index (χ1v) is 8.58. The van der Waals surface area contributed by atoms with Crippen molar-refractivity contribution in [3.8, 4) is 11.5 Å². The number of hydrogen-bond acceptors (Lipinski definition) is 7. The molecule has 0 aliphatic carbocycles. The van der Waals surface area contributed by atoms with Crippen LogP contribution >= 0.6 is 0 Å². The highest BCUT2D eigenvalue weighted by Gasteiger charge is 2.31. The monoisotopic (exact) mass is 451 g/mol. The van der Waals surface area contributed by atoms with Crippen LogP contribution in [0, 0.1) is 20.2 Å². The standard InChI is InChI=1S/C18H12F3N5O6/c1-24-9-15(26(30)31)16(23-24)17(27)22-11-6-12(25(28)29)8-14(7-11)32-13-4-2-3-10(5-13)18(19,20)21/h2-9H,1H3,(H,22,27). The van der Waals surface area contributed by atoms with E-state index in [4.69, 9.17) is 4.74 Å². The number of ether oxygens (including phenoxy) is 1. The number of carbonyl (C=O) groups is 1. The van der Waals surface area contributed by atoms with Gasteiger partial charge in [0.2, 0.25) is 5.69 Å². The Bertz CT molecular complexity index is 1220. The minimum Gasteiger partial charge on any atom is -0.457 e. The Morgan fingerprint density at radius 3 is 2.44 bits per heavy atom. The third-order valence-corrected chi connectivity index (χ3v) is 3.98. The zero-order chi connectivity index (χ0) is 23.6. The molecule has 0 aliphatic rings. The molecule has 166 valence electrons. The molecule has 3 rings (SSSR count). The van der Waals surface area contributed by atoms with Gasteiger partial charge in [-0.3, -0.25) is 29.7 Å². The molecule has 0 saturated heterocycles. The molecule has 0 unspecified atom stereocenters. The lowest BCUT2D eigenvalue weighted by molar-refractivity contribution is -0.385. The lowest BCUT2D eigenvalue weighted by Gasteiger charge is -2.11. The minimum atomic E-state index is -4.63. The van der Waals surface area contributed by atoms with Gasteiger partial charge in [-0.15, -0.1) is 0 Å². The van der Waals surface area contributed by atoms with E-state index in [0.29, 0.717) is 6.07 Å². The number of anilines is 1. The van der Waals surface area contributed by atoms with Gasteiger partial charge < -0.3 is 10.1 Å². The molecule has 1 heterocycles. The highest BCUT2D eigenvalue weighted by molar-refractivity contribution is 6.05. The van der Waals surface area contributed by atoms with Gasteiger partial charge in [0.15, 0.2) is 0 Å². The van der Waals surface area contributed by atoms with E-state index >= 15 is 0 Å². The molecule has 0 saturated carbocycles. The lowest BCUT2D eigenvalue weighted by Crippen LogP contribution is -2.14. The van der Waals surface area contributed by atoms with Crippen molar-refractivity contribution in [3.63, 3.8) is 0 Å². The number of rotatable bonds is 6. The van der Waals surface area contributed by atoms with Crippen molar-refractivity contribution in [2.24, 2.45) is 7.05 Å². The molecular formula is C18H12F3N5O6. The van der Waals surface area contributed by atoms with Crippen LogP contribution in [0.4, 0.5) is 30.2 Å². The largest absolute Gasteiger partial charge is 0.457 e. The number of alkyl halides is 3. The van der Waals surface area contributed by atoms with E-state index in [0.717, 1.165) is 41.2 Å². The Kier molecular flexibility index (Phi) is 5.78. The second-order valence-electron chi connectivity index (χ2n) is 6.35. The zero-order valence-electron chi connectivity index (χ0n) is 16.0. The van der Waals surface area contributed by atoms with E-state index in [2.05, 4.69) is 10.4 Å². The second-order valence-corrected chi connectivity index (χ2v) is 6.35. The van der Waals surface area contributed by atoms with Crippen molar-refractivity contribution < 1.29 is 32.5 Å². The number of hydrogen-bond donors (Lipinski definition) is 1. The third kappa shape index (κ3) is 4.97. The third-order valence-electron chi connectivity index (χ3n) is 3.98. The molecule has 0 bridgehead atoms. The second kappa shape index (κ2) is 8.33. The van der Waals surface area contributed by atoms with Crippen molar-refractivity contribution in [2.75, 3.05) is 5.32 Å². The van der Waals surface area contributed by atoms with Gasteiger partial charge in [0.25, 0.3) is 11.6 Å². The van der Waals surface area contributed by atoms with Crippen molar-refractivity contribution in [2.45, 2.75) is 6.18 Å². The molecule has 1 aromatic heterocycles. The van der Waals surface area contributed by atoms with Gasteiger partial charge in [-0.05, 0) is 18.2 Å². The molecule has 0 aliphatic heterocycles. The zero-order valence-corrected chi connectivity index (χ0v) is 16.0. The number of nitro groups is 2. The summed E-state index contributed by atoms with van der Waals surface area (Å²) in [6, 6.07) is 6.84. The molecule has 1 N–H and O–H groups in total. The van der Waals surface area contributed by atoms with Gasteiger partial charge in [0, 0.05) is 19.2 Å². The number of non-ortho nitro benzene ring substituents is 1. The van der Waals surface area contributed by atoms with E-state index in [9.17, 15) is 38.2 Å². The number of benzene rings is 2. The summed E-state index contributed by atoms with van der Waals surface area (Å²) >= 11 is 0. The minimum absolute atomic E-state index is 0.189. The Morgan fingerprint density at radius 2 is 1.81 bits per heavy atom. The summed E-state index contributed by atoms with van der Waals surface area (Å²) in [5, 5.41) is 28.2. The SMILES string of the molecule is Cn1cc([N+](=O)[O-])c(C(=O)Nc2cc(Oc3cccc(C(F)(F)F)c3)cc([N+](=O)[O-])c2)n1. The number of amides is 1. The average molecular weight is 451 g/mol. The normalized spacial score (nSPS) is 11.1. The molecule has 0 atom stereocenters. The maximum atomic E-state index is 12.9. The van der Waals surface area contributed by atoms with Gasteiger partial charge in [0.1, 0.15) is 17.7 Å². The number of halogens is 3. The van der Waals surface area contributed by atoms with Gasteiger partial charge in [-0.2, -0.15) is 18.3 Å². The van der Waals surface area contributed by atoms with Crippen molar-refractivity contribution in [3.05, 3.63) is 80.1 Å². The predicted molar refractivity (Wildman–Crippen MR) is 102 cm³/mol. The van der Waals surface area contributed by atoms with Crippen molar-refractivity contribution in [1.29, 1.82) is 0 Å². The van der Waals surface area contributed by atoms with E-state index in [1.807, 2.05) is 0 Å². The molecule has 0 radical (unpaired) electrons. The topological polar surface area (TPSA) is 142 Å². The van der Waals surface area contributed by atoms with Crippen molar-refractivity contribution >= 4 is 23.0 Å². The van der Waals surface area contributed by atoms with Crippen LogP contribution in [0.15, 0.2) is 48.7 Å². The predicted octanol–water partition coefficient (Wildman–Crippen LogP) is 4.30.